The van der Waals surface area contributed by atoms with Crippen LogP contribution < -0.4 is 10.6 Å². The topological polar surface area (TPSA) is 88.8 Å². The highest BCUT2D eigenvalue weighted by atomic mass is 16.5. The van der Waals surface area contributed by atoms with E-state index in [4.69, 9.17) is 10.5 Å². The number of hydrogen-bond donors (Lipinski definition) is 1. The molecule has 7 heteroatoms. The number of Topliss-reactive ketones (excluding diaryl/α,β-unsaturated/α-hetero) is 1. The minimum absolute atomic E-state index is 0.0489. The van der Waals surface area contributed by atoms with Crippen LogP contribution in [-0.2, 0) is 11.3 Å². The molecule has 1 saturated heterocycles. The fourth-order valence-corrected chi connectivity index (χ4v) is 2.77. The van der Waals surface area contributed by atoms with E-state index in [1.807, 2.05) is 30.3 Å². The fourth-order valence-electron chi connectivity index (χ4n) is 2.77. The molecule has 0 atom stereocenters. The molecular formula is C19H22N4O3. The normalized spacial score (nSPS) is 14.1. The van der Waals surface area contributed by atoms with Crippen molar-refractivity contribution in [2.75, 3.05) is 37.7 Å². The maximum Gasteiger partial charge on any atom is 0.325 e. The number of urea groups is 1. The summed E-state index contributed by atoms with van der Waals surface area (Å²) in [4.78, 5) is 32.5. The summed E-state index contributed by atoms with van der Waals surface area (Å²) in [6, 6.07) is 12.9. The molecule has 1 aliphatic rings. The van der Waals surface area contributed by atoms with Gasteiger partial charge in [-0.05, 0) is 24.3 Å². The molecule has 0 radical (unpaired) electrons. The third-order valence-corrected chi connectivity index (χ3v) is 4.23. The summed E-state index contributed by atoms with van der Waals surface area (Å²) >= 11 is 0. The molecule has 2 N–H and O–H groups in total. The van der Waals surface area contributed by atoms with E-state index in [2.05, 4.69) is 4.98 Å². The van der Waals surface area contributed by atoms with Gasteiger partial charge in [0.05, 0.1) is 32.0 Å². The zero-order chi connectivity index (χ0) is 18.4. The first kappa shape index (κ1) is 18.0. The van der Waals surface area contributed by atoms with Gasteiger partial charge in [0.25, 0.3) is 0 Å². The van der Waals surface area contributed by atoms with Gasteiger partial charge in [-0.2, -0.15) is 0 Å². The number of carbonyl (C=O) groups excluding carboxylic acids is 2. The van der Waals surface area contributed by atoms with Crippen LogP contribution in [-0.4, -0.2) is 54.5 Å². The van der Waals surface area contributed by atoms with Crippen LogP contribution in [0.4, 0.5) is 10.5 Å². The highest BCUT2D eigenvalue weighted by molar-refractivity contribution is 5.97. The van der Waals surface area contributed by atoms with Crippen molar-refractivity contribution in [2.45, 2.75) is 6.54 Å². The summed E-state index contributed by atoms with van der Waals surface area (Å²) in [5.74, 6) is -0.159. The van der Waals surface area contributed by atoms with Gasteiger partial charge in [0.1, 0.15) is 0 Å². The van der Waals surface area contributed by atoms with Gasteiger partial charge >= 0.3 is 6.03 Å². The van der Waals surface area contributed by atoms with Gasteiger partial charge in [0.2, 0.25) is 0 Å². The predicted octanol–water partition coefficient (Wildman–Crippen LogP) is 1.68. The molecule has 26 heavy (non-hydrogen) atoms. The monoisotopic (exact) mass is 354 g/mol. The van der Waals surface area contributed by atoms with Gasteiger partial charge in [-0.3, -0.25) is 14.7 Å². The number of aromatic nitrogens is 1. The van der Waals surface area contributed by atoms with Crippen LogP contribution in [0.25, 0.3) is 0 Å². The van der Waals surface area contributed by atoms with Gasteiger partial charge in [0, 0.05) is 30.5 Å². The summed E-state index contributed by atoms with van der Waals surface area (Å²) < 4.78 is 5.33. The van der Waals surface area contributed by atoms with E-state index < -0.39 is 0 Å². The molecule has 2 aromatic rings. The lowest BCUT2D eigenvalue weighted by atomic mass is 10.1. The number of carbonyl (C=O) groups is 2. The van der Waals surface area contributed by atoms with Crippen molar-refractivity contribution in [2.24, 2.45) is 5.73 Å². The highest BCUT2D eigenvalue weighted by Gasteiger charge is 2.24. The zero-order valence-electron chi connectivity index (χ0n) is 14.5. The number of hydrogen-bond acceptors (Lipinski definition) is 5. The maximum atomic E-state index is 13.0. The van der Waals surface area contributed by atoms with Crippen LogP contribution in [0, 0.1) is 0 Å². The Labute approximate surface area is 152 Å². The van der Waals surface area contributed by atoms with Crippen LogP contribution >= 0.6 is 0 Å². The quantitative estimate of drug-likeness (QED) is 0.825. The molecule has 0 aliphatic carbocycles. The number of anilines is 1. The Morgan fingerprint density at radius 2 is 1.85 bits per heavy atom. The molecule has 1 aliphatic heterocycles. The van der Waals surface area contributed by atoms with Crippen molar-refractivity contribution < 1.29 is 14.3 Å². The second kappa shape index (κ2) is 8.55. The number of pyridine rings is 1. The molecule has 0 saturated carbocycles. The number of nitrogens with zero attached hydrogens (tertiary/aromatic N) is 3. The number of benzene rings is 1. The van der Waals surface area contributed by atoms with E-state index in [1.165, 1.54) is 6.20 Å². The first-order chi connectivity index (χ1) is 12.7. The minimum atomic E-state index is -0.159. The Kier molecular flexibility index (Phi) is 5.93. The predicted molar refractivity (Wildman–Crippen MR) is 98.0 cm³/mol. The summed E-state index contributed by atoms with van der Waals surface area (Å²) in [7, 11) is 0. The van der Waals surface area contributed by atoms with E-state index in [-0.39, 0.29) is 18.4 Å². The molecule has 2 heterocycles. The second-order valence-corrected chi connectivity index (χ2v) is 5.97. The largest absolute Gasteiger partial charge is 0.378 e. The lowest BCUT2D eigenvalue weighted by Crippen LogP contribution is -2.48. The number of ketones is 1. The molecule has 0 bridgehead atoms. The van der Waals surface area contributed by atoms with E-state index in [9.17, 15) is 9.59 Å². The van der Waals surface area contributed by atoms with Crippen LogP contribution in [0.5, 0.6) is 0 Å². The summed E-state index contributed by atoms with van der Waals surface area (Å²) in [6.45, 7) is 2.49. The minimum Gasteiger partial charge on any atom is -0.378 e. The van der Waals surface area contributed by atoms with Crippen molar-refractivity contribution in [1.82, 2.24) is 9.88 Å². The molecule has 0 spiro atoms. The summed E-state index contributed by atoms with van der Waals surface area (Å²) in [5.41, 5.74) is 7.35. The van der Waals surface area contributed by atoms with Crippen LogP contribution in [0.1, 0.15) is 16.1 Å². The number of amides is 2. The van der Waals surface area contributed by atoms with Crippen molar-refractivity contribution in [3.63, 3.8) is 0 Å². The average molecular weight is 354 g/mol. The number of rotatable bonds is 5. The number of nitrogens with two attached hydrogens (primary N) is 1. The SMILES string of the molecule is NCC(=O)c1ccc(CN(C(=O)N2CCOCC2)c2ccccc2)nc1. The average Bonchev–Trinajstić information content (AvgIpc) is 2.72. The van der Waals surface area contributed by atoms with Crippen molar-refractivity contribution in [3.05, 3.63) is 59.9 Å². The Morgan fingerprint density at radius 3 is 2.46 bits per heavy atom. The van der Waals surface area contributed by atoms with Crippen LogP contribution in [0.15, 0.2) is 48.7 Å². The molecule has 1 fully saturated rings. The number of para-hydroxylation sites is 1. The first-order valence-electron chi connectivity index (χ1n) is 8.56. The molecule has 136 valence electrons. The maximum absolute atomic E-state index is 13.0. The fraction of sp³-hybridized carbons (Fsp3) is 0.316. The Hall–Kier alpha value is -2.77. The van der Waals surface area contributed by atoms with E-state index >= 15 is 0 Å². The molecule has 3 rings (SSSR count). The zero-order valence-corrected chi connectivity index (χ0v) is 14.5. The van der Waals surface area contributed by atoms with Gasteiger partial charge in [-0.1, -0.05) is 18.2 Å². The van der Waals surface area contributed by atoms with E-state index in [1.54, 1.807) is 21.9 Å². The van der Waals surface area contributed by atoms with Gasteiger partial charge in [-0.15, -0.1) is 0 Å². The third-order valence-electron chi connectivity index (χ3n) is 4.23. The Balaban J connectivity index is 1.81. The van der Waals surface area contributed by atoms with Crippen LogP contribution in [0.2, 0.25) is 0 Å². The van der Waals surface area contributed by atoms with E-state index in [0.717, 1.165) is 5.69 Å². The Morgan fingerprint density at radius 1 is 1.12 bits per heavy atom. The van der Waals surface area contributed by atoms with Gasteiger partial charge in [-0.25, -0.2) is 4.79 Å². The molecule has 2 amide bonds. The summed E-state index contributed by atoms with van der Waals surface area (Å²) in [6.07, 6.45) is 1.51. The van der Waals surface area contributed by atoms with Gasteiger partial charge in [0.15, 0.2) is 5.78 Å². The Bertz CT molecular complexity index is 743. The highest BCUT2D eigenvalue weighted by Crippen LogP contribution is 2.19. The number of ether oxygens (including phenoxy) is 1. The smallest absolute Gasteiger partial charge is 0.325 e. The summed E-state index contributed by atoms with van der Waals surface area (Å²) in [5, 5.41) is 0. The number of morpholine rings is 1. The lowest BCUT2D eigenvalue weighted by Gasteiger charge is -2.33. The molecular weight excluding hydrogens is 332 g/mol. The second-order valence-electron chi connectivity index (χ2n) is 5.97. The van der Waals surface area contributed by atoms with Crippen molar-refractivity contribution in [1.29, 1.82) is 0 Å². The molecule has 7 nitrogen and oxygen atoms in total. The standard InChI is InChI=1S/C19H22N4O3/c20-12-18(24)15-6-7-16(21-13-15)14-23(17-4-2-1-3-5-17)19(25)22-8-10-26-11-9-22/h1-7,13H,8-12,14,20H2. The molecule has 1 aromatic heterocycles. The van der Waals surface area contributed by atoms with Gasteiger partial charge < -0.3 is 15.4 Å². The van der Waals surface area contributed by atoms with Crippen molar-refractivity contribution in [3.8, 4) is 0 Å². The molecule has 1 aromatic carbocycles. The van der Waals surface area contributed by atoms with Crippen LogP contribution in [0.3, 0.4) is 0 Å². The molecule has 0 unspecified atom stereocenters. The first-order valence-corrected chi connectivity index (χ1v) is 8.56. The third kappa shape index (κ3) is 4.25. The van der Waals surface area contributed by atoms with E-state index in [0.29, 0.717) is 44.1 Å². The van der Waals surface area contributed by atoms with Crippen molar-refractivity contribution >= 4 is 17.5 Å². The lowest BCUT2D eigenvalue weighted by molar-refractivity contribution is 0.0548.